The van der Waals surface area contributed by atoms with Crippen molar-refractivity contribution in [1.82, 2.24) is 0 Å². The van der Waals surface area contributed by atoms with Gasteiger partial charge in [0.05, 0.1) is 0 Å². The van der Waals surface area contributed by atoms with Gasteiger partial charge >= 0.3 is 0 Å². The Bertz CT molecular complexity index is 143. The van der Waals surface area contributed by atoms with E-state index in [4.69, 9.17) is 0 Å². The van der Waals surface area contributed by atoms with E-state index in [1.165, 1.54) is 11.8 Å². The summed E-state index contributed by atoms with van der Waals surface area (Å²) in [6, 6.07) is 0. The van der Waals surface area contributed by atoms with Gasteiger partial charge in [0, 0.05) is 5.25 Å². The van der Waals surface area contributed by atoms with E-state index in [0.717, 1.165) is 5.57 Å². The van der Waals surface area contributed by atoms with E-state index < -0.39 is 0 Å². The van der Waals surface area contributed by atoms with Crippen molar-refractivity contribution in [3.63, 3.8) is 0 Å². The zero-order valence-corrected chi connectivity index (χ0v) is 7.79. The lowest BCUT2D eigenvalue weighted by atomic mass is 10.3. The second-order valence-electron chi connectivity index (χ2n) is 2.71. The molecule has 0 unspecified atom stereocenters. The van der Waals surface area contributed by atoms with Gasteiger partial charge < -0.3 is 0 Å². The molecule has 0 bridgehead atoms. The zero-order valence-electron chi connectivity index (χ0n) is 6.97. The van der Waals surface area contributed by atoms with E-state index in [-0.39, 0.29) is 5.12 Å². The fraction of sp³-hybridized carbons (Fsp3) is 0.625. The van der Waals surface area contributed by atoms with Crippen molar-refractivity contribution in [1.29, 1.82) is 0 Å². The topological polar surface area (TPSA) is 17.1 Å². The molecular formula is C8H14OS. The highest BCUT2D eigenvalue weighted by atomic mass is 32.2. The standard InChI is InChI=1S/C8H14OS/c1-6(2)5-8(9)10-7(3)4/h5,7H,1-4H3. The number of allylic oxidation sites excluding steroid dienone is 1. The molecule has 0 saturated heterocycles. The van der Waals surface area contributed by atoms with Gasteiger partial charge in [-0.15, -0.1) is 0 Å². The third-order valence-electron chi connectivity index (χ3n) is 0.758. The second-order valence-corrected chi connectivity index (χ2v) is 4.29. The molecule has 0 amide bonds. The smallest absolute Gasteiger partial charge is 0.212 e. The van der Waals surface area contributed by atoms with Crippen LogP contribution in [-0.4, -0.2) is 10.4 Å². The number of hydrogen-bond donors (Lipinski definition) is 0. The molecule has 0 saturated carbocycles. The lowest BCUT2D eigenvalue weighted by Gasteiger charge is -1.98. The van der Waals surface area contributed by atoms with Crippen molar-refractivity contribution in [2.24, 2.45) is 0 Å². The van der Waals surface area contributed by atoms with Crippen molar-refractivity contribution in [2.75, 3.05) is 0 Å². The maximum atomic E-state index is 11.0. The van der Waals surface area contributed by atoms with E-state index in [9.17, 15) is 4.79 Å². The van der Waals surface area contributed by atoms with Gasteiger partial charge in [-0.25, -0.2) is 0 Å². The summed E-state index contributed by atoms with van der Waals surface area (Å²) in [5.41, 5.74) is 1.07. The van der Waals surface area contributed by atoms with E-state index in [0.29, 0.717) is 5.25 Å². The number of carbonyl (C=O) groups is 1. The Morgan fingerprint density at radius 3 is 2.20 bits per heavy atom. The van der Waals surface area contributed by atoms with Crippen LogP contribution in [0.3, 0.4) is 0 Å². The molecule has 0 rings (SSSR count). The fourth-order valence-electron chi connectivity index (χ4n) is 0.502. The molecule has 1 nitrogen and oxygen atoms in total. The van der Waals surface area contributed by atoms with Crippen LogP contribution in [0.2, 0.25) is 0 Å². The summed E-state index contributed by atoms with van der Waals surface area (Å²) in [4.78, 5) is 11.0. The first-order chi connectivity index (χ1) is 4.52. The van der Waals surface area contributed by atoms with Crippen LogP contribution in [-0.2, 0) is 4.79 Å². The minimum atomic E-state index is 0.162. The van der Waals surface area contributed by atoms with Crippen molar-refractivity contribution in [3.8, 4) is 0 Å². The largest absolute Gasteiger partial charge is 0.282 e. The van der Waals surface area contributed by atoms with E-state index in [1.54, 1.807) is 6.08 Å². The molecule has 0 aromatic heterocycles. The van der Waals surface area contributed by atoms with Gasteiger partial charge in [0.2, 0.25) is 5.12 Å². The van der Waals surface area contributed by atoms with Crippen molar-refractivity contribution < 1.29 is 4.79 Å². The zero-order chi connectivity index (χ0) is 8.15. The van der Waals surface area contributed by atoms with Crippen LogP contribution in [0.15, 0.2) is 11.6 Å². The summed E-state index contributed by atoms with van der Waals surface area (Å²) in [6.07, 6.45) is 1.67. The van der Waals surface area contributed by atoms with Crippen LogP contribution < -0.4 is 0 Å². The Hall–Kier alpha value is -0.240. The van der Waals surface area contributed by atoms with Crippen LogP contribution in [0.4, 0.5) is 0 Å². The SMILES string of the molecule is CC(C)=CC(=O)SC(C)C. The third-order valence-corrected chi connectivity index (χ3v) is 1.58. The molecule has 0 aliphatic carbocycles. The number of thioether (sulfide) groups is 1. The van der Waals surface area contributed by atoms with Gasteiger partial charge in [0.15, 0.2) is 0 Å². The minimum absolute atomic E-state index is 0.162. The minimum Gasteiger partial charge on any atom is -0.282 e. The van der Waals surface area contributed by atoms with Crippen molar-refractivity contribution >= 4 is 16.9 Å². The predicted octanol–water partition coefficient (Wildman–Crippen LogP) is 2.62. The van der Waals surface area contributed by atoms with Crippen LogP contribution in [0, 0.1) is 0 Å². The molecule has 2 heteroatoms. The van der Waals surface area contributed by atoms with Crippen LogP contribution in [0.25, 0.3) is 0 Å². The lowest BCUT2D eigenvalue weighted by Crippen LogP contribution is -1.94. The van der Waals surface area contributed by atoms with Gasteiger partial charge in [-0.1, -0.05) is 31.2 Å². The molecule has 0 aliphatic heterocycles. The van der Waals surface area contributed by atoms with Gasteiger partial charge in [-0.2, -0.15) is 0 Å². The first kappa shape index (κ1) is 9.76. The molecule has 0 aliphatic rings. The lowest BCUT2D eigenvalue weighted by molar-refractivity contribution is -0.107. The Kier molecular flexibility index (Phi) is 4.45. The Morgan fingerprint density at radius 2 is 1.90 bits per heavy atom. The first-order valence-electron chi connectivity index (χ1n) is 3.38. The monoisotopic (exact) mass is 158 g/mol. The average Bonchev–Trinajstić information content (AvgIpc) is 1.58. The molecule has 58 valence electrons. The highest BCUT2D eigenvalue weighted by Crippen LogP contribution is 2.11. The Balaban J connectivity index is 3.76. The molecule has 0 spiro atoms. The van der Waals surface area contributed by atoms with E-state index in [1.807, 2.05) is 27.7 Å². The predicted molar refractivity (Wildman–Crippen MR) is 47.2 cm³/mol. The quantitative estimate of drug-likeness (QED) is 0.575. The molecule has 0 atom stereocenters. The molecule has 0 heterocycles. The van der Waals surface area contributed by atoms with Crippen LogP contribution in [0.1, 0.15) is 27.7 Å². The molecular weight excluding hydrogens is 144 g/mol. The second kappa shape index (κ2) is 4.56. The average molecular weight is 158 g/mol. The highest BCUT2D eigenvalue weighted by Gasteiger charge is 2.00. The van der Waals surface area contributed by atoms with Crippen molar-refractivity contribution in [2.45, 2.75) is 32.9 Å². The summed E-state index contributed by atoms with van der Waals surface area (Å²) in [5.74, 6) is 0. The number of rotatable bonds is 2. The Labute approximate surface area is 66.9 Å². The molecule has 10 heavy (non-hydrogen) atoms. The maximum Gasteiger partial charge on any atom is 0.212 e. The van der Waals surface area contributed by atoms with Gasteiger partial charge in [0.1, 0.15) is 0 Å². The third kappa shape index (κ3) is 5.89. The molecule has 0 aromatic carbocycles. The molecule has 0 N–H and O–H groups in total. The maximum absolute atomic E-state index is 11.0. The molecule has 0 radical (unpaired) electrons. The molecule has 0 aromatic rings. The Morgan fingerprint density at radius 1 is 1.40 bits per heavy atom. The van der Waals surface area contributed by atoms with Crippen molar-refractivity contribution in [3.05, 3.63) is 11.6 Å². The van der Waals surface area contributed by atoms with Crippen LogP contribution >= 0.6 is 11.8 Å². The summed E-state index contributed by atoms with van der Waals surface area (Å²) < 4.78 is 0. The number of hydrogen-bond acceptors (Lipinski definition) is 2. The summed E-state index contributed by atoms with van der Waals surface area (Å²) in [6.45, 7) is 7.89. The number of carbonyl (C=O) groups excluding carboxylic acids is 1. The van der Waals surface area contributed by atoms with Crippen LogP contribution in [0.5, 0.6) is 0 Å². The first-order valence-corrected chi connectivity index (χ1v) is 4.26. The van der Waals surface area contributed by atoms with Gasteiger partial charge in [0.25, 0.3) is 0 Å². The van der Waals surface area contributed by atoms with E-state index in [2.05, 4.69) is 0 Å². The summed E-state index contributed by atoms with van der Waals surface area (Å²) >= 11 is 1.37. The van der Waals surface area contributed by atoms with Gasteiger partial charge in [-0.3, -0.25) is 4.79 Å². The summed E-state index contributed by atoms with van der Waals surface area (Å²) in [7, 11) is 0. The summed E-state index contributed by atoms with van der Waals surface area (Å²) in [5, 5.41) is 0.554. The fourth-order valence-corrected chi connectivity index (χ4v) is 1.27. The van der Waals surface area contributed by atoms with E-state index >= 15 is 0 Å². The molecule has 0 fully saturated rings. The van der Waals surface area contributed by atoms with Gasteiger partial charge in [-0.05, 0) is 19.9 Å². The normalized spacial score (nSPS) is 9.70. The highest BCUT2D eigenvalue weighted by molar-refractivity contribution is 8.14.